The zero-order valence-corrected chi connectivity index (χ0v) is 16.5. The summed E-state index contributed by atoms with van der Waals surface area (Å²) in [6.45, 7) is 7.66. The van der Waals surface area contributed by atoms with Gasteiger partial charge in [0.15, 0.2) is 0 Å². The highest BCUT2D eigenvalue weighted by atomic mass is 19.1. The molecule has 2 N–H and O–H groups in total. The SMILES string of the molecule is Cc1cc(-n2c(C(C)C)c(C3CC3(C)C(=O)O)c3cc(O)ccc32)ccc1F. The lowest BCUT2D eigenvalue weighted by Gasteiger charge is -2.17. The molecule has 4 rings (SSSR count). The number of rotatable bonds is 4. The number of hydrogen-bond donors (Lipinski definition) is 2. The molecule has 0 bridgehead atoms. The number of carboxylic acids is 1. The zero-order chi connectivity index (χ0) is 20.4. The van der Waals surface area contributed by atoms with E-state index in [-0.39, 0.29) is 23.4 Å². The van der Waals surface area contributed by atoms with Gasteiger partial charge in [0.05, 0.1) is 10.9 Å². The monoisotopic (exact) mass is 381 g/mol. The molecule has 3 aromatic rings. The van der Waals surface area contributed by atoms with Crippen LogP contribution in [0.15, 0.2) is 36.4 Å². The lowest BCUT2D eigenvalue weighted by molar-refractivity contribution is -0.142. The summed E-state index contributed by atoms with van der Waals surface area (Å²) >= 11 is 0. The minimum absolute atomic E-state index is 0.116. The van der Waals surface area contributed by atoms with E-state index in [0.29, 0.717) is 12.0 Å². The summed E-state index contributed by atoms with van der Waals surface area (Å²) in [5.41, 5.74) is 3.47. The summed E-state index contributed by atoms with van der Waals surface area (Å²) in [4.78, 5) is 11.8. The first-order chi connectivity index (χ1) is 13.1. The fourth-order valence-corrected chi connectivity index (χ4v) is 4.33. The molecule has 0 amide bonds. The van der Waals surface area contributed by atoms with Crippen LogP contribution in [0.2, 0.25) is 0 Å². The van der Waals surface area contributed by atoms with Crippen molar-refractivity contribution < 1.29 is 19.4 Å². The maximum Gasteiger partial charge on any atom is 0.309 e. The molecule has 0 spiro atoms. The number of halogens is 1. The van der Waals surface area contributed by atoms with E-state index in [1.807, 2.05) is 6.07 Å². The molecule has 1 aliphatic carbocycles. The second-order valence-corrected chi connectivity index (χ2v) is 8.40. The van der Waals surface area contributed by atoms with Gasteiger partial charge >= 0.3 is 5.97 Å². The van der Waals surface area contributed by atoms with Gasteiger partial charge in [0, 0.05) is 22.7 Å². The molecular weight excluding hydrogens is 357 g/mol. The standard InChI is InChI=1S/C23H24FNO3/c1-12(2)21-20(17-11-23(17,4)22(27)28)16-10-15(26)6-8-19(16)25(21)14-5-7-18(24)13(3)9-14/h5-10,12,17,26H,11H2,1-4H3,(H,27,28). The Morgan fingerprint density at radius 2 is 1.96 bits per heavy atom. The number of fused-ring (bicyclic) bond motifs is 1. The van der Waals surface area contributed by atoms with Gasteiger partial charge in [-0.05, 0) is 73.7 Å². The lowest BCUT2D eigenvalue weighted by Crippen LogP contribution is -2.13. The molecule has 1 aliphatic rings. The Bertz CT molecular complexity index is 1110. The highest BCUT2D eigenvalue weighted by molar-refractivity contribution is 5.92. The normalized spacial score (nSPS) is 21.4. The van der Waals surface area contributed by atoms with Gasteiger partial charge in [-0.3, -0.25) is 4.79 Å². The summed E-state index contributed by atoms with van der Waals surface area (Å²) in [6, 6.07) is 10.2. The average Bonchev–Trinajstić information content (AvgIpc) is 3.20. The first kappa shape index (κ1) is 18.5. The second-order valence-electron chi connectivity index (χ2n) is 8.40. The molecular formula is C23H24FNO3. The zero-order valence-electron chi connectivity index (χ0n) is 16.5. The summed E-state index contributed by atoms with van der Waals surface area (Å²) in [5.74, 6) is -0.909. The number of aryl methyl sites for hydroxylation is 1. The van der Waals surface area contributed by atoms with Crippen LogP contribution >= 0.6 is 0 Å². The number of benzene rings is 2. The summed E-state index contributed by atoms with van der Waals surface area (Å²) in [7, 11) is 0. The van der Waals surface area contributed by atoms with Crippen molar-refractivity contribution in [2.45, 2.75) is 46.0 Å². The molecule has 2 aromatic carbocycles. The molecule has 0 saturated heterocycles. The van der Waals surface area contributed by atoms with E-state index in [1.54, 1.807) is 38.1 Å². The maximum atomic E-state index is 13.9. The summed E-state index contributed by atoms with van der Waals surface area (Å²) < 4.78 is 16.0. The Morgan fingerprint density at radius 3 is 2.54 bits per heavy atom. The maximum absolute atomic E-state index is 13.9. The Morgan fingerprint density at radius 1 is 1.25 bits per heavy atom. The van der Waals surface area contributed by atoms with Crippen molar-refractivity contribution in [3.63, 3.8) is 0 Å². The van der Waals surface area contributed by atoms with Crippen LogP contribution in [-0.2, 0) is 4.79 Å². The van der Waals surface area contributed by atoms with Crippen LogP contribution in [0.5, 0.6) is 5.75 Å². The van der Waals surface area contributed by atoms with Crippen molar-refractivity contribution in [1.29, 1.82) is 0 Å². The second kappa shape index (κ2) is 6.09. The van der Waals surface area contributed by atoms with Crippen molar-refractivity contribution in [2.75, 3.05) is 0 Å². The molecule has 0 radical (unpaired) electrons. The molecule has 1 saturated carbocycles. The average molecular weight is 381 g/mol. The van der Waals surface area contributed by atoms with Crippen molar-refractivity contribution in [1.82, 2.24) is 4.57 Å². The third-order valence-corrected chi connectivity index (χ3v) is 6.05. The predicted molar refractivity (Wildman–Crippen MR) is 107 cm³/mol. The van der Waals surface area contributed by atoms with Gasteiger partial charge in [0.25, 0.3) is 0 Å². The van der Waals surface area contributed by atoms with Crippen molar-refractivity contribution in [3.05, 3.63) is 59.0 Å². The fourth-order valence-electron chi connectivity index (χ4n) is 4.33. The number of aromatic hydroxyl groups is 1. The minimum Gasteiger partial charge on any atom is -0.508 e. The molecule has 1 fully saturated rings. The van der Waals surface area contributed by atoms with Crippen LogP contribution in [0.25, 0.3) is 16.6 Å². The summed E-state index contributed by atoms with van der Waals surface area (Å²) in [6.07, 6.45) is 0.569. The van der Waals surface area contributed by atoms with Crippen LogP contribution in [0.4, 0.5) is 4.39 Å². The van der Waals surface area contributed by atoms with Crippen molar-refractivity contribution >= 4 is 16.9 Å². The Kier molecular flexibility index (Phi) is 4.03. The van der Waals surface area contributed by atoms with Gasteiger partial charge in [-0.25, -0.2) is 4.39 Å². The van der Waals surface area contributed by atoms with Crippen LogP contribution in [0.1, 0.15) is 55.8 Å². The smallest absolute Gasteiger partial charge is 0.309 e. The number of carbonyl (C=O) groups is 1. The van der Waals surface area contributed by atoms with E-state index >= 15 is 0 Å². The summed E-state index contributed by atoms with van der Waals surface area (Å²) in [5, 5.41) is 20.7. The lowest BCUT2D eigenvalue weighted by atomic mass is 9.94. The first-order valence-corrected chi connectivity index (χ1v) is 9.52. The van der Waals surface area contributed by atoms with Gasteiger partial charge in [0.1, 0.15) is 11.6 Å². The highest BCUT2D eigenvalue weighted by Crippen LogP contribution is 2.62. The Labute approximate surface area is 163 Å². The molecule has 1 heterocycles. The molecule has 4 nitrogen and oxygen atoms in total. The number of aliphatic carboxylic acids is 1. The largest absolute Gasteiger partial charge is 0.508 e. The van der Waals surface area contributed by atoms with Gasteiger partial charge < -0.3 is 14.8 Å². The van der Waals surface area contributed by atoms with Crippen LogP contribution in [0, 0.1) is 18.2 Å². The van der Waals surface area contributed by atoms with Gasteiger partial charge in [0.2, 0.25) is 0 Å². The number of carboxylic acid groups (broad SMARTS) is 1. The topological polar surface area (TPSA) is 62.5 Å². The van der Waals surface area contributed by atoms with E-state index in [0.717, 1.165) is 27.8 Å². The van der Waals surface area contributed by atoms with E-state index in [4.69, 9.17) is 0 Å². The van der Waals surface area contributed by atoms with Crippen LogP contribution in [0.3, 0.4) is 0 Å². The molecule has 5 heteroatoms. The van der Waals surface area contributed by atoms with Crippen molar-refractivity contribution in [2.24, 2.45) is 5.41 Å². The van der Waals surface area contributed by atoms with Gasteiger partial charge in [-0.15, -0.1) is 0 Å². The number of nitrogens with zero attached hydrogens (tertiary/aromatic N) is 1. The Balaban J connectivity index is 2.07. The van der Waals surface area contributed by atoms with E-state index in [9.17, 15) is 19.4 Å². The third-order valence-electron chi connectivity index (χ3n) is 6.05. The number of phenolic OH excluding ortho intramolecular Hbond substituents is 1. The number of hydrogen-bond acceptors (Lipinski definition) is 2. The molecule has 2 atom stereocenters. The highest BCUT2D eigenvalue weighted by Gasteiger charge is 2.58. The predicted octanol–water partition coefficient (Wildman–Crippen LogP) is 5.49. The molecule has 146 valence electrons. The van der Waals surface area contributed by atoms with Crippen LogP contribution < -0.4 is 0 Å². The van der Waals surface area contributed by atoms with Gasteiger partial charge in [-0.1, -0.05) is 13.8 Å². The quantitative estimate of drug-likeness (QED) is 0.628. The van der Waals surface area contributed by atoms with Crippen LogP contribution in [-0.4, -0.2) is 20.7 Å². The molecule has 0 aliphatic heterocycles. The molecule has 2 unspecified atom stereocenters. The van der Waals surface area contributed by atoms with Gasteiger partial charge in [-0.2, -0.15) is 0 Å². The number of phenols is 1. The fraction of sp³-hybridized carbons (Fsp3) is 0.348. The molecule has 28 heavy (non-hydrogen) atoms. The van der Waals surface area contributed by atoms with Crippen molar-refractivity contribution in [3.8, 4) is 11.4 Å². The van der Waals surface area contributed by atoms with E-state index < -0.39 is 11.4 Å². The molecule has 1 aromatic heterocycles. The van der Waals surface area contributed by atoms with E-state index in [2.05, 4.69) is 18.4 Å². The Hall–Kier alpha value is -2.82. The number of aromatic nitrogens is 1. The van der Waals surface area contributed by atoms with E-state index in [1.165, 1.54) is 6.07 Å². The third kappa shape index (κ3) is 2.60. The minimum atomic E-state index is -0.800. The first-order valence-electron chi connectivity index (χ1n) is 9.52.